The van der Waals surface area contributed by atoms with E-state index in [1.807, 2.05) is 11.8 Å². The predicted molar refractivity (Wildman–Crippen MR) is 78.4 cm³/mol. The van der Waals surface area contributed by atoms with Gasteiger partial charge in [0.25, 0.3) is 0 Å². The summed E-state index contributed by atoms with van der Waals surface area (Å²) in [5.41, 5.74) is 6.50. The molecule has 0 aromatic heterocycles. The fraction of sp³-hybridized carbons (Fsp3) is 0.417. The van der Waals surface area contributed by atoms with Gasteiger partial charge in [-0.1, -0.05) is 12.2 Å². The third-order valence-electron chi connectivity index (χ3n) is 2.34. The first-order valence-electron chi connectivity index (χ1n) is 5.47. The van der Waals surface area contributed by atoms with Gasteiger partial charge in [-0.3, -0.25) is 0 Å². The number of thioether (sulfide) groups is 1. The fourth-order valence-corrected chi connectivity index (χ4v) is 2.03. The van der Waals surface area contributed by atoms with Crippen LogP contribution in [0, 0.1) is 5.82 Å². The van der Waals surface area contributed by atoms with E-state index in [9.17, 15) is 4.39 Å². The van der Waals surface area contributed by atoms with E-state index >= 15 is 0 Å². The monoisotopic (exact) mass is 272 g/mol. The Balaban J connectivity index is 2.46. The summed E-state index contributed by atoms with van der Waals surface area (Å²) in [6.07, 6.45) is 4.26. The summed E-state index contributed by atoms with van der Waals surface area (Å²) in [7, 11) is 0. The SMILES string of the molecule is CSCCCCNc1ccc(C(N)=S)cc1F. The van der Waals surface area contributed by atoms with E-state index in [-0.39, 0.29) is 10.8 Å². The van der Waals surface area contributed by atoms with Crippen molar-refractivity contribution >= 4 is 34.7 Å². The lowest BCUT2D eigenvalue weighted by Crippen LogP contribution is -2.10. The fourth-order valence-electron chi connectivity index (χ4n) is 1.41. The topological polar surface area (TPSA) is 38.0 Å². The van der Waals surface area contributed by atoms with Crippen LogP contribution in [0.5, 0.6) is 0 Å². The molecule has 0 aliphatic carbocycles. The molecule has 0 atom stereocenters. The van der Waals surface area contributed by atoms with E-state index in [0.29, 0.717) is 11.3 Å². The summed E-state index contributed by atoms with van der Waals surface area (Å²) in [6, 6.07) is 4.78. The Morgan fingerprint density at radius 2 is 2.24 bits per heavy atom. The van der Waals surface area contributed by atoms with E-state index < -0.39 is 0 Å². The predicted octanol–water partition coefficient (Wildman–Crippen LogP) is 3.02. The Bertz CT molecular complexity index is 383. The highest BCUT2D eigenvalue weighted by molar-refractivity contribution is 7.98. The zero-order chi connectivity index (χ0) is 12.7. The molecule has 3 N–H and O–H groups in total. The Labute approximate surface area is 111 Å². The summed E-state index contributed by atoms with van der Waals surface area (Å²) >= 11 is 6.61. The maximum atomic E-state index is 13.6. The zero-order valence-electron chi connectivity index (χ0n) is 9.83. The molecule has 0 heterocycles. The smallest absolute Gasteiger partial charge is 0.146 e. The molecule has 0 fully saturated rings. The number of rotatable bonds is 7. The van der Waals surface area contributed by atoms with Crippen molar-refractivity contribution < 1.29 is 4.39 Å². The first kappa shape index (κ1) is 14.3. The van der Waals surface area contributed by atoms with Crippen LogP contribution in [0.2, 0.25) is 0 Å². The third kappa shape index (κ3) is 4.91. The van der Waals surface area contributed by atoms with Gasteiger partial charge < -0.3 is 11.1 Å². The van der Waals surface area contributed by atoms with Gasteiger partial charge in [-0.2, -0.15) is 11.8 Å². The second-order valence-corrected chi connectivity index (χ2v) is 5.11. The number of thiocarbonyl (C=S) groups is 1. The summed E-state index contributed by atoms with van der Waals surface area (Å²) < 4.78 is 13.6. The van der Waals surface area contributed by atoms with Crippen LogP contribution in [-0.2, 0) is 0 Å². The minimum absolute atomic E-state index is 0.218. The van der Waals surface area contributed by atoms with Crippen molar-refractivity contribution in [2.24, 2.45) is 5.73 Å². The molecule has 0 unspecified atom stereocenters. The molecule has 0 aliphatic heterocycles. The number of hydrogen-bond donors (Lipinski definition) is 2. The number of nitrogens with one attached hydrogen (secondary N) is 1. The molecule has 17 heavy (non-hydrogen) atoms. The highest BCUT2D eigenvalue weighted by Gasteiger charge is 2.04. The Kier molecular flexibility index (Phi) is 6.29. The molecule has 0 saturated carbocycles. The van der Waals surface area contributed by atoms with Crippen molar-refractivity contribution in [1.82, 2.24) is 0 Å². The Morgan fingerprint density at radius 3 is 2.82 bits per heavy atom. The number of hydrogen-bond acceptors (Lipinski definition) is 3. The normalized spacial score (nSPS) is 10.2. The second-order valence-electron chi connectivity index (χ2n) is 3.69. The number of unbranched alkanes of at least 4 members (excludes halogenated alkanes) is 1. The lowest BCUT2D eigenvalue weighted by atomic mass is 10.2. The number of benzene rings is 1. The first-order chi connectivity index (χ1) is 8.15. The number of halogens is 1. The van der Waals surface area contributed by atoms with Gasteiger partial charge in [0.2, 0.25) is 0 Å². The van der Waals surface area contributed by atoms with E-state index in [0.717, 1.165) is 25.1 Å². The van der Waals surface area contributed by atoms with Crippen LogP contribution in [0.4, 0.5) is 10.1 Å². The van der Waals surface area contributed by atoms with Crippen LogP contribution < -0.4 is 11.1 Å². The van der Waals surface area contributed by atoms with E-state index in [4.69, 9.17) is 18.0 Å². The molecule has 0 bridgehead atoms. The van der Waals surface area contributed by atoms with Gasteiger partial charge in [0.1, 0.15) is 10.8 Å². The second kappa shape index (κ2) is 7.50. The molecule has 0 radical (unpaired) electrons. The summed E-state index contributed by atoms with van der Waals surface area (Å²) in [5.74, 6) is 0.838. The van der Waals surface area contributed by atoms with Crippen LogP contribution in [0.25, 0.3) is 0 Å². The van der Waals surface area contributed by atoms with E-state index in [1.165, 1.54) is 6.07 Å². The average molecular weight is 272 g/mol. The van der Waals surface area contributed by atoms with Gasteiger partial charge >= 0.3 is 0 Å². The van der Waals surface area contributed by atoms with Gasteiger partial charge in [-0.25, -0.2) is 4.39 Å². The molecule has 0 saturated heterocycles. The summed E-state index contributed by atoms with van der Waals surface area (Å²) in [6.45, 7) is 0.782. The standard InChI is InChI=1S/C12H17FN2S2/c1-17-7-3-2-6-15-11-5-4-9(12(14)16)8-10(11)13/h4-5,8,15H,2-3,6-7H2,1H3,(H2,14,16). The van der Waals surface area contributed by atoms with Crippen LogP contribution in [0.15, 0.2) is 18.2 Å². The third-order valence-corrected chi connectivity index (χ3v) is 3.28. The molecular formula is C12H17FN2S2. The molecule has 0 amide bonds. The van der Waals surface area contributed by atoms with Crippen molar-refractivity contribution in [2.75, 3.05) is 23.9 Å². The molecule has 0 aliphatic rings. The number of nitrogens with two attached hydrogens (primary N) is 1. The maximum absolute atomic E-state index is 13.6. The van der Waals surface area contributed by atoms with Gasteiger partial charge in [-0.15, -0.1) is 0 Å². The van der Waals surface area contributed by atoms with Crippen molar-refractivity contribution in [1.29, 1.82) is 0 Å². The average Bonchev–Trinajstić information content (AvgIpc) is 2.30. The van der Waals surface area contributed by atoms with Crippen LogP contribution in [0.1, 0.15) is 18.4 Å². The van der Waals surface area contributed by atoms with Gasteiger partial charge in [0.05, 0.1) is 5.69 Å². The lowest BCUT2D eigenvalue weighted by Gasteiger charge is -2.08. The van der Waals surface area contributed by atoms with Crippen molar-refractivity contribution in [3.05, 3.63) is 29.6 Å². The molecule has 0 spiro atoms. The van der Waals surface area contributed by atoms with Crippen molar-refractivity contribution in [2.45, 2.75) is 12.8 Å². The Hall–Kier alpha value is -0.810. The van der Waals surface area contributed by atoms with E-state index in [2.05, 4.69) is 11.6 Å². The highest BCUT2D eigenvalue weighted by Crippen LogP contribution is 2.16. The van der Waals surface area contributed by atoms with Gasteiger partial charge in [-0.05, 0) is 43.0 Å². The molecule has 2 nitrogen and oxygen atoms in total. The highest BCUT2D eigenvalue weighted by atomic mass is 32.2. The molecule has 94 valence electrons. The molecular weight excluding hydrogens is 255 g/mol. The largest absolute Gasteiger partial charge is 0.389 e. The summed E-state index contributed by atoms with van der Waals surface area (Å²) in [5, 5.41) is 3.07. The molecule has 1 aromatic rings. The van der Waals surface area contributed by atoms with E-state index in [1.54, 1.807) is 12.1 Å². The first-order valence-corrected chi connectivity index (χ1v) is 7.27. The maximum Gasteiger partial charge on any atom is 0.146 e. The van der Waals surface area contributed by atoms with Crippen LogP contribution in [-0.4, -0.2) is 23.5 Å². The minimum Gasteiger partial charge on any atom is -0.389 e. The molecule has 1 aromatic carbocycles. The molecule has 5 heteroatoms. The van der Waals surface area contributed by atoms with Gasteiger partial charge in [0.15, 0.2) is 0 Å². The van der Waals surface area contributed by atoms with Crippen LogP contribution in [0.3, 0.4) is 0 Å². The number of anilines is 1. The van der Waals surface area contributed by atoms with Crippen LogP contribution >= 0.6 is 24.0 Å². The van der Waals surface area contributed by atoms with Crippen molar-refractivity contribution in [3.8, 4) is 0 Å². The minimum atomic E-state index is -0.305. The van der Waals surface area contributed by atoms with Crippen molar-refractivity contribution in [3.63, 3.8) is 0 Å². The zero-order valence-corrected chi connectivity index (χ0v) is 11.5. The molecule has 1 rings (SSSR count). The quantitative estimate of drug-likeness (QED) is 0.591. The summed E-state index contributed by atoms with van der Waals surface area (Å²) in [4.78, 5) is 0.218. The Morgan fingerprint density at radius 1 is 1.47 bits per heavy atom. The lowest BCUT2D eigenvalue weighted by molar-refractivity contribution is 0.629. The van der Waals surface area contributed by atoms with Gasteiger partial charge in [0, 0.05) is 12.1 Å².